The number of nitrogen functional groups attached to an aromatic ring is 1. The fourth-order valence-corrected chi connectivity index (χ4v) is 1.52. The molecule has 0 aliphatic carbocycles. The van der Waals surface area contributed by atoms with E-state index < -0.39 is 5.69 Å². The Labute approximate surface area is 90.7 Å². The highest BCUT2D eigenvalue weighted by molar-refractivity contribution is 5.94. The zero-order valence-corrected chi connectivity index (χ0v) is 8.30. The number of carbonyl (C=O) groups excluding carboxylic acids is 1. The Bertz CT molecular complexity index is 529. The molecule has 1 aromatic heterocycles. The molecule has 0 radical (unpaired) electrons. The van der Waals surface area contributed by atoms with Gasteiger partial charge in [0.05, 0.1) is 0 Å². The molecule has 16 heavy (non-hydrogen) atoms. The van der Waals surface area contributed by atoms with Crippen molar-refractivity contribution < 1.29 is 4.79 Å². The number of aromatic nitrogens is 3. The molecule has 1 saturated heterocycles. The van der Waals surface area contributed by atoms with Gasteiger partial charge in [0.1, 0.15) is 0 Å². The van der Waals surface area contributed by atoms with Crippen molar-refractivity contribution in [1.82, 2.24) is 15.0 Å². The quantitative estimate of drug-likeness (QED) is 0.573. The van der Waals surface area contributed by atoms with Crippen LogP contribution in [0.4, 0.5) is 11.9 Å². The summed E-state index contributed by atoms with van der Waals surface area (Å²) in [7, 11) is 0. The van der Waals surface area contributed by atoms with Gasteiger partial charge in [-0.2, -0.15) is 9.97 Å². The molecule has 1 aliphatic heterocycles. The second kappa shape index (κ2) is 3.66. The average molecular weight is 219 g/mol. The Morgan fingerprint density at radius 2 is 2.25 bits per heavy atom. The molecular weight excluding hydrogens is 210 g/mol. The Morgan fingerprint density at radius 1 is 1.50 bits per heavy atom. The van der Waals surface area contributed by atoms with Gasteiger partial charge >= 0.3 is 5.69 Å². The number of nitrogens with zero attached hydrogens (tertiary/aromatic N) is 3. The molecule has 2 heterocycles. The SMILES string of the molecule is C#CC1CC(=O)N(c2nc(N)[nH]c(=O)n2)C1. The highest BCUT2D eigenvalue weighted by Crippen LogP contribution is 2.20. The summed E-state index contributed by atoms with van der Waals surface area (Å²) in [5.41, 5.74) is 4.72. The Morgan fingerprint density at radius 3 is 2.81 bits per heavy atom. The lowest BCUT2D eigenvalue weighted by Crippen LogP contribution is -2.30. The molecule has 1 aliphatic rings. The second-order valence-corrected chi connectivity index (χ2v) is 3.41. The van der Waals surface area contributed by atoms with Crippen LogP contribution in [0.15, 0.2) is 4.79 Å². The molecule has 3 N–H and O–H groups in total. The van der Waals surface area contributed by atoms with E-state index in [1.165, 1.54) is 4.90 Å². The van der Waals surface area contributed by atoms with Gasteiger partial charge in [-0.15, -0.1) is 12.3 Å². The average Bonchev–Trinajstić information content (AvgIpc) is 2.58. The number of anilines is 2. The largest absolute Gasteiger partial charge is 0.369 e. The lowest BCUT2D eigenvalue weighted by Gasteiger charge is -2.12. The first kappa shape index (κ1) is 10.2. The van der Waals surface area contributed by atoms with Gasteiger partial charge in [-0.05, 0) is 0 Å². The highest BCUT2D eigenvalue weighted by atomic mass is 16.2. The summed E-state index contributed by atoms with van der Waals surface area (Å²) < 4.78 is 0. The predicted molar refractivity (Wildman–Crippen MR) is 56.4 cm³/mol. The summed E-state index contributed by atoms with van der Waals surface area (Å²) in [6.45, 7) is 0.318. The van der Waals surface area contributed by atoms with E-state index in [1.54, 1.807) is 0 Å². The monoisotopic (exact) mass is 219 g/mol. The van der Waals surface area contributed by atoms with Crippen molar-refractivity contribution in [3.63, 3.8) is 0 Å². The minimum Gasteiger partial charge on any atom is -0.369 e. The topological polar surface area (TPSA) is 105 Å². The predicted octanol–water partition coefficient (Wildman–Crippen LogP) is -1.27. The normalized spacial score (nSPS) is 19.8. The number of carbonyl (C=O) groups is 1. The van der Waals surface area contributed by atoms with Crippen molar-refractivity contribution >= 4 is 17.8 Å². The Kier molecular flexibility index (Phi) is 2.32. The van der Waals surface area contributed by atoms with Crippen LogP contribution >= 0.6 is 0 Å². The van der Waals surface area contributed by atoms with Gasteiger partial charge < -0.3 is 5.73 Å². The third-order valence-electron chi connectivity index (χ3n) is 2.26. The molecule has 1 amide bonds. The number of hydrogen-bond acceptors (Lipinski definition) is 5. The molecule has 0 spiro atoms. The molecule has 2 rings (SSSR count). The molecule has 0 bridgehead atoms. The lowest BCUT2D eigenvalue weighted by atomic mass is 10.1. The summed E-state index contributed by atoms with van der Waals surface area (Å²) in [6, 6.07) is 0. The van der Waals surface area contributed by atoms with E-state index in [2.05, 4.69) is 20.9 Å². The fraction of sp³-hybridized carbons (Fsp3) is 0.333. The first-order chi connectivity index (χ1) is 7.60. The van der Waals surface area contributed by atoms with Crippen molar-refractivity contribution in [2.24, 2.45) is 5.92 Å². The summed E-state index contributed by atoms with van der Waals surface area (Å²) in [5, 5.41) is 0. The number of rotatable bonds is 1. The number of H-pyrrole nitrogens is 1. The maximum Gasteiger partial charge on any atom is 0.351 e. The van der Waals surface area contributed by atoms with E-state index >= 15 is 0 Å². The number of hydrogen-bond donors (Lipinski definition) is 2. The van der Waals surface area contributed by atoms with Gasteiger partial charge in [0.25, 0.3) is 0 Å². The van der Waals surface area contributed by atoms with Crippen LogP contribution in [0.25, 0.3) is 0 Å². The van der Waals surface area contributed by atoms with Crippen LogP contribution < -0.4 is 16.3 Å². The van der Waals surface area contributed by atoms with Crippen LogP contribution in [0, 0.1) is 18.3 Å². The number of terminal acetylenes is 1. The van der Waals surface area contributed by atoms with E-state index in [-0.39, 0.29) is 30.1 Å². The molecule has 1 unspecified atom stereocenters. The zero-order chi connectivity index (χ0) is 11.7. The zero-order valence-electron chi connectivity index (χ0n) is 8.30. The first-order valence-electron chi connectivity index (χ1n) is 4.60. The van der Waals surface area contributed by atoms with Crippen molar-refractivity contribution in [3.8, 4) is 12.3 Å². The van der Waals surface area contributed by atoms with Gasteiger partial charge in [-0.1, -0.05) is 0 Å². The van der Waals surface area contributed by atoms with Crippen LogP contribution in [0.5, 0.6) is 0 Å². The standard InChI is InChI=1S/C9H9N5O2/c1-2-5-3-6(15)14(4-5)8-11-7(10)12-9(16)13-8/h1,5H,3-4H2,(H3,10,11,12,13,16). The van der Waals surface area contributed by atoms with E-state index in [1.807, 2.05) is 0 Å². The van der Waals surface area contributed by atoms with E-state index in [0.29, 0.717) is 6.54 Å². The molecule has 1 atom stereocenters. The van der Waals surface area contributed by atoms with Crippen molar-refractivity contribution in [2.45, 2.75) is 6.42 Å². The van der Waals surface area contributed by atoms with Crippen molar-refractivity contribution in [2.75, 3.05) is 17.2 Å². The number of aromatic amines is 1. The second-order valence-electron chi connectivity index (χ2n) is 3.41. The van der Waals surface area contributed by atoms with Crippen molar-refractivity contribution in [1.29, 1.82) is 0 Å². The Hall–Kier alpha value is -2.36. The summed E-state index contributed by atoms with van der Waals surface area (Å²) in [5.74, 6) is 2.04. The first-order valence-corrected chi connectivity index (χ1v) is 4.60. The fourth-order valence-electron chi connectivity index (χ4n) is 1.52. The maximum absolute atomic E-state index is 11.6. The summed E-state index contributed by atoms with van der Waals surface area (Å²) in [6.07, 6.45) is 5.48. The molecule has 1 aromatic rings. The van der Waals surface area contributed by atoms with Crippen LogP contribution in [0.1, 0.15) is 6.42 Å². The third-order valence-corrected chi connectivity index (χ3v) is 2.26. The molecule has 7 nitrogen and oxygen atoms in total. The smallest absolute Gasteiger partial charge is 0.351 e. The summed E-state index contributed by atoms with van der Waals surface area (Å²) in [4.78, 5) is 33.4. The highest BCUT2D eigenvalue weighted by Gasteiger charge is 2.31. The molecule has 0 saturated carbocycles. The van der Waals surface area contributed by atoms with Gasteiger partial charge in [0.15, 0.2) is 0 Å². The van der Waals surface area contributed by atoms with Gasteiger partial charge in [0, 0.05) is 18.9 Å². The molecule has 82 valence electrons. The minimum absolute atomic E-state index is 0.00370. The van der Waals surface area contributed by atoms with Gasteiger partial charge in [-0.3, -0.25) is 14.7 Å². The third kappa shape index (κ3) is 1.72. The van der Waals surface area contributed by atoms with E-state index in [4.69, 9.17) is 12.2 Å². The molecule has 7 heteroatoms. The molecule has 0 aromatic carbocycles. The van der Waals surface area contributed by atoms with Gasteiger partial charge in [0.2, 0.25) is 17.8 Å². The Balaban J connectivity index is 2.35. The van der Waals surface area contributed by atoms with Crippen LogP contribution in [0.2, 0.25) is 0 Å². The van der Waals surface area contributed by atoms with Crippen molar-refractivity contribution in [3.05, 3.63) is 10.5 Å². The maximum atomic E-state index is 11.6. The van der Waals surface area contributed by atoms with E-state index in [9.17, 15) is 9.59 Å². The van der Waals surface area contributed by atoms with Crippen LogP contribution in [-0.2, 0) is 4.79 Å². The number of nitrogens with one attached hydrogen (secondary N) is 1. The van der Waals surface area contributed by atoms with Gasteiger partial charge in [-0.25, -0.2) is 4.79 Å². The lowest BCUT2D eigenvalue weighted by molar-refractivity contribution is -0.117. The number of amides is 1. The number of nitrogens with two attached hydrogens (primary N) is 1. The molecular formula is C9H9N5O2. The molecule has 1 fully saturated rings. The van der Waals surface area contributed by atoms with Crippen LogP contribution in [-0.4, -0.2) is 27.4 Å². The van der Waals surface area contributed by atoms with Crippen LogP contribution in [0.3, 0.4) is 0 Å². The minimum atomic E-state index is -0.639. The summed E-state index contributed by atoms with van der Waals surface area (Å²) >= 11 is 0. The van der Waals surface area contributed by atoms with E-state index in [0.717, 1.165) is 0 Å².